The summed E-state index contributed by atoms with van der Waals surface area (Å²) < 4.78 is 5.27. The first-order valence-corrected chi connectivity index (χ1v) is 24.3. The van der Waals surface area contributed by atoms with E-state index < -0.39 is 0 Å². The highest BCUT2D eigenvalue weighted by Crippen LogP contribution is 2.26. The van der Waals surface area contributed by atoms with Gasteiger partial charge in [0.25, 0.3) is 0 Å². The van der Waals surface area contributed by atoms with E-state index in [4.69, 9.17) is 10.2 Å². The van der Waals surface area contributed by atoms with E-state index in [1.807, 2.05) is 25.1 Å². The number of hydrogen-bond acceptors (Lipinski definition) is 12. The minimum Gasteiger partial charge on any atom is -0.505 e. The van der Waals surface area contributed by atoms with E-state index in [2.05, 4.69) is 202 Å². The Morgan fingerprint density at radius 3 is 1.24 bits per heavy atom. The standard InChI is InChI=1S/C12H18BrN3.C11H16BrN3O.C6H5BrIN.C5H3BrINO.C5H4BrNO.ClH/c1-3-15-6-8-16(9-7-15)11-5-4-10(2)12(13)14-11;1-2-14-5-7-15(8-6-14)10-4-3-9(16)11(12)13-10;1-4-2-3-5(8)9-6(4)7;6-5-3(9)1-2-4(7)8-5;6-5-4(8)2-1-3-7-5;/h4-5H,3,6-9H2,1-2H3;3-4,16H,2,5-8H2,1H3;2-3H,1H3;1-2,9H;1-3,8H;1H. The van der Waals surface area contributed by atoms with Gasteiger partial charge in [-0.05, 0) is 211 Å². The molecule has 5 aromatic rings. The topological polar surface area (TPSA) is 138 Å². The second kappa shape index (κ2) is 28.5. The summed E-state index contributed by atoms with van der Waals surface area (Å²) in [6.45, 7) is 19.4. The van der Waals surface area contributed by atoms with Gasteiger partial charge in [0.2, 0.25) is 0 Å². The summed E-state index contributed by atoms with van der Waals surface area (Å²) >= 11 is 20.4. The van der Waals surface area contributed by atoms with Gasteiger partial charge in [0.05, 0.1) is 0 Å². The number of piperazine rings is 2. The van der Waals surface area contributed by atoms with Gasteiger partial charge in [-0.15, -0.1) is 12.4 Å². The molecule has 7 rings (SSSR count). The number of hydrogen-bond donors (Lipinski definition) is 3. The first-order chi connectivity index (χ1) is 27.6. The van der Waals surface area contributed by atoms with Gasteiger partial charge >= 0.3 is 0 Å². The normalized spacial score (nSPS) is 13.8. The van der Waals surface area contributed by atoms with E-state index in [1.165, 1.54) is 11.1 Å². The smallest absolute Gasteiger partial charge is 0.150 e. The molecule has 0 atom stereocenters. The predicted molar refractivity (Wildman–Crippen MR) is 275 cm³/mol. The Kier molecular flexibility index (Phi) is 26.1. The molecule has 7 heterocycles. The molecule has 0 aromatic carbocycles. The molecule has 322 valence electrons. The zero-order valence-corrected chi connectivity index (χ0v) is 45.9. The average Bonchev–Trinajstić information content (AvgIpc) is 3.22. The third kappa shape index (κ3) is 19.4. The molecule has 5 aromatic heterocycles. The van der Waals surface area contributed by atoms with Crippen molar-refractivity contribution < 1.29 is 15.3 Å². The number of aromatic hydroxyl groups is 3. The van der Waals surface area contributed by atoms with Crippen LogP contribution in [0.25, 0.3) is 0 Å². The quantitative estimate of drug-likeness (QED) is 0.117. The Labute approximate surface area is 422 Å². The van der Waals surface area contributed by atoms with Crippen LogP contribution in [-0.4, -0.2) is 115 Å². The van der Waals surface area contributed by atoms with Gasteiger partial charge in [-0.25, -0.2) is 24.9 Å². The lowest BCUT2D eigenvalue weighted by atomic mass is 10.3. The summed E-state index contributed by atoms with van der Waals surface area (Å²) in [7, 11) is 0. The van der Waals surface area contributed by atoms with Crippen LogP contribution < -0.4 is 9.80 Å². The van der Waals surface area contributed by atoms with Gasteiger partial charge in [-0.2, -0.15) is 0 Å². The van der Waals surface area contributed by atoms with Gasteiger partial charge in [-0.3, -0.25) is 0 Å². The van der Waals surface area contributed by atoms with Crippen LogP contribution in [0, 0.1) is 21.2 Å². The number of aromatic nitrogens is 5. The minimum absolute atomic E-state index is 0. The van der Waals surface area contributed by atoms with Gasteiger partial charge in [0.1, 0.15) is 59.3 Å². The van der Waals surface area contributed by atoms with E-state index in [9.17, 15) is 5.11 Å². The van der Waals surface area contributed by atoms with Crippen molar-refractivity contribution in [1.29, 1.82) is 0 Å². The zero-order chi connectivity index (χ0) is 42.8. The van der Waals surface area contributed by atoms with Crippen molar-refractivity contribution in [2.45, 2.75) is 27.7 Å². The third-order valence-electron chi connectivity index (χ3n) is 8.66. The maximum Gasteiger partial charge on any atom is 0.150 e. The Morgan fingerprint density at radius 2 is 0.881 bits per heavy atom. The first kappa shape index (κ1) is 54.0. The first-order valence-electron chi connectivity index (χ1n) is 18.1. The molecule has 0 saturated carbocycles. The van der Waals surface area contributed by atoms with E-state index in [0.29, 0.717) is 13.8 Å². The molecule has 59 heavy (non-hydrogen) atoms. The Balaban J connectivity index is 0.000000262. The molecule has 2 aliphatic rings. The van der Waals surface area contributed by atoms with Gasteiger partial charge in [-0.1, -0.05) is 26.0 Å². The Bertz CT molecular complexity index is 1890. The molecular weight excluding hydrogens is 1330 g/mol. The SMILES string of the molecule is CCN1CCN(c2ccc(C)c(Br)n2)CC1.CCN1CCN(c2ccc(O)c(Br)n2)CC1.Cc1ccc(I)nc1Br.Cl.Oc1ccc(I)nc1Br.Oc1cccnc1Br. The molecule has 0 aliphatic carbocycles. The van der Waals surface area contributed by atoms with Crippen LogP contribution in [0.4, 0.5) is 11.6 Å². The molecule has 2 saturated heterocycles. The molecule has 0 unspecified atom stereocenters. The average molecular weight is 1380 g/mol. The second-order valence-electron chi connectivity index (χ2n) is 12.6. The van der Waals surface area contributed by atoms with E-state index in [-0.39, 0.29) is 29.7 Å². The zero-order valence-electron chi connectivity index (χ0n) is 32.8. The van der Waals surface area contributed by atoms with Gasteiger partial charge in [0.15, 0.2) is 0 Å². The molecular formula is C39H47Br5ClI2N9O3. The van der Waals surface area contributed by atoms with Crippen LogP contribution in [0.3, 0.4) is 0 Å². The van der Waals surface area contributed by atoms with E-state index >= 15 is 0 Å². The number of rotatable bonds is 4. The minimum atomic E-state index is 0. The lowest BCUT2D eigenvalue weighted by Gasteiger charge is -2.34. The number of aryl methyl sites for hydroxylation is 2. The predicted octanol–water partition coefficient (Wildman–Crippen LogP) is 10.9. The highest BCUT2D eigenvalue weighted by molar-refractivity contribution is 14.1. The summed E-state index contributed by atoms with van der Waals surface area (Å²) in [5.74, 6) is 2.56. The Morgan fingerprint density at radius 1 is 0.508 bits per heavy atom. The van der Waals surface area contributed by atoms with Crippen molar-refractivity contribution in [2.24, 2.45) is 0 Å². The highest BCUT2D eigenvalue weighted by Gasteiger charge is 2.18. The van der Waals surface area contributed by atoms with Crippen molar-refractivity contribution in [1.82, 2.24) is 34.7 Å². The summed E-state index contributed by atoms with van der Waals surface area (Å²) in [6, 6.07) is 18.4. The Hall–Kier alpha value is -1.18. The maximum atomic E-state index is 9.39. The molecule has 2 fully saturated rings. The molecule has 2 aliphatic heterocycles. The van der Waals surface area contributed by atoms with E-state index in [0.717, 1.165) is 93.7 Å². The molecule has 0 bridgehead atoms. The number of anilines is 2. The highest BCUT2D eigenvalue weighted by atomic mass is 127. The third-order valence-corrected chi connectivity index (χ3v) is 13.2. The fourth-order valence-electron chi connectivity index (χ4n) is 5.11. The molecule has 3 N–H and O–H groups in total. The van der Waals surface area contributed by atoms with Crippen LogP contribution in [-0.2, 0) is 0 Å². The van der Waals surface area contributed by atoms with Crippen molar-refractivity contribution in [2.75, 3.05) is 75.2 Å². The fourth-order valence-corrected chi connectivity index (χ4v) is 8.14. The van der Waals surface area contributed by atoms with Crippen LogP contribution in [0.5, 0.6) is 17.2 Å². The largest absolute Gasteiger partial charge is 0.505 e. The van der Waals surface area contributed by atoms with Crippen LogP contribution in [0.2, 0.25) is 0 Å². The number of nitrogens with zero attached hydrogens (tertiary/aromatic N) is 9. The van der Waals surface area contributed by atoms with E-state index in [1.54, 1.807) is 36.5 Å². The fraction of sp³-hybridized carbons (Fsp3) is 0.359. The lowest BCUT2D eigenvalue weighted by Crippen LogP contribution is -2.46. The summed E-state index contributed by atoms with van der Waals surface area (Å²) in [6.07, 6.45) is 1.60. The van der Waals surface area contributed by atoms with Crippen LogP contribution in [0.1, 0.15) is 25.0 Å². The summed E-state index contributed by atoms with van der Waals surface area (Å²) in [5.41, 5.74) is 2.37. The van der Waals surface area contributed by atoms with Crippen molar-refractivity contribution in [3.05, 3.63) is 108 Å². The van der Waals surface area contributed by atoms with Gasteiger partial charge < -0.3 is 34.9 Å². The molecule has 0 radical (unpaired) electrons. The maximum absolute atomic E-state index is 9.39. The lowest BCUT2D eigenvalue weighted by molar-refractivity contribution is 0.270. The summed E-state index contributed by atoms with van der Waals surface area (Å²) in [4.78, 5) is 30.2. The molecule has 0 spiro atoms. The monoisotopic (exact) mass is 1370 g/mol. The molecule has 12 nitrogen and oxygen atoms in total. The summed E-state index contributed by atoms with van der Waals surface area (Å²) in [5, 5.41) is 27.1. The number of likely N-dealkylation sites (N-methyl/N-ethyl adjacent to an activating group) is 2. The molecule has 20 heteroatoms. The number of halogens is 8. The van der Waals surface area contributed by atoms with Crippen molar-refractivity contribution >= 4 is 149 Å². The van der Waals surface area contributed by atoms with Crippen LogP contribution in [0.15, 0.2) is 89.9 Å². The van der Waals surface area contributed by atoms with Crippen LogP contribution >= 0.6 is 137 Å². The van der Waals surface area contributed by atoms with Gasteiger partial charge in [0, 0.05) is 58.6 Å². The second-order valence-corrected chi connectivity index (χ2v) is 18.6. The van der Waals surface area contributed by atoms with Crippen molar-refractivity contribution in [3.63, 3.8) is 0 Å². The molecule has 0 amide bonds. The van der Waals surface area contributed by atoms with Crippen molar-refractivity contribution in [3.8, 4) is 17.2 Å². The number of pyridine rings is 5.